The van der Waals surface area contributed by atoms with E-state index in [1.807, 2.05) is 91.0 Å². The lowest BCUT2D eigenvalue weighted by molar-refractivity contribution is 0.669. The summed E-state index contributed by atoms with van der Waals surface area (Å²) in [6.07, 6.45) is 0. The number of hydrogen-bond acceptors (Lipinski definition) is 1. The monoisotopic (exact) mass is 356 g/mol. The summed E-state index contributed by atoms with van der Waals surface area (Å²) >= 11 is 0. The first-order valence-corrected chi connectivity index (χ1v) is 10.4. The van der Waals surface area contributed by atoms with Gasteiger partial charge in [-0.15, -0.1) is 0 Å². The van der Waals surface area contributed by atoms with Crippen molar-refractivity contribution in [3.63, 3.8) is 0 Å². The summed E-state index contributed by atoms with van der Waals surface area (Å²) in [5.41, 5.74) is 2.21. The van der Waals surface area contributed by atoms with Crippen LogP contribution < -0.4 is 0 Å². The van der Waals surface area contributed by atoms with E-state index in [2.05, 4.69) is 24.3 Å². The predicted octanol–water partition coefficient (Wildman–Crippen LogP) is 5.85. The second-order valence-electron chi connectivity index (χ2n) is 6.20. The number of hydrogen-bond donors (Lipinski definition) is 1. The van der Waals surface area contributed by atoms with Gasteiger partial charge in [0.1, 0.15) is 0 Å². The van der Waals surface area contributed by atoms with Crippen molar-refractivity contribution >= 4 is 9.93 Å². The van der Waals surface area contributed by atoms with Crippen LogP contribution in [-0.4, -0.2) is 4.21 Å². The largest absolute Gasteiger partial charge is 0.271 e. The third-order valence-corrected chi connectivity index (χ3v) is 7.61. The first-order valence-electron chi connectivity index (χ1n) is 8.66. The Kier molecular flexibility index (Phi) is 4.51. The van der Waals surface area contributed by atoms with Crippen LogP contribution in [0.1, 0.15) is 0 Å². The second-order valence-corrected chi connectivity index (χ2v) is 8.96. The molecule has 0 spiro atoms. The molecule has 0 bridgehead atoms. The fraction of sp³-hybridized carbons (Fsp3) is 0. The number of benzene rings is 4. The van der Waals surface area contributed by atoms with Gasteiger partial charge in [0.15, 0.2) is 0 Å². The van der Waals surface area contributed by atoms with Gasteiger partial charge < -0.3 is 0 Å². The zero-order valence-electron chi connectivity index (χ0n) is 14.3. The van der Waals surface area contributed by atoms with E-state index in [1.54, 1.807) is 0 Å². The molecule has 4 aromatic carbocycles. The van der Waals surface area contributed by atoms with Crippen molar-refractivity contribution in [2.24, 2.45) is 0 Å². The van der Waals surface area contributed by atoms with Crippen LogP contribution in [0.25, 0.3) is 11.1 Å². The van der Waals surface area contributed by atoms with E-state index < -0.39 is 9.93 Å². The Balaban J connectivity index is 1.93. The Labute approximate surface area is 155 Å². The Morgan fingerprint density at radius 1 is 0.423 bits per heavy atom. The molecule has 0 radical (unpaired) electrons. The summed E-state index contributed by atoms with van der Waals surface area (Å²) in [6, 6.07) is 37.9. The molecule has 4 aromatic rings. The van der Waals surface area contributed by atoms with Crippen molar-refractivity contribution in [3.05, 3.63) is 115 Å². The molecule has 0 saturated heterocycles. The average Bonchev–Trinajstić information content (AvgIpc) is 2.75. The average molecular weight is 356 g/mol. The molecule has 128 valence electrons. The molecule has 0 aliphatic rings. The topological polar surface area (TPSA) is 17.1 Å². The van der Waals surface area contributed by atoms with Crippen LogP contribution in [0.15, 0.2) is 130 Å². The van der Waals surface area contributed by atoms with Crippen LogP contribution >= 0.6 is 0 Å². The van der Waals surface area contributed by atoms with E-state index >= 15 is 0 Å². The Morgan fingerprint density at radius 3 is 1.38 bits per heavy atom. The lowest BCUT2D eigenvalue weighted by atomic mass is 10.1. The maximum atomic E-state index is 14.4. The lowest BCUT2D eigenvalue weighted by Gasteiger charge is -2.26. The first-order chi connectivity index (χ1) is 12.8. The van der Waals surface area contributed by atoms with Crippen LogP contribution in [0.3, 0.4) is 0 Å². The van der Waals surface area contributed by atoms with Crippen LogP contribution in [-0.2, 0) is 9.93 Å². The fourth-order valence-corrected chi connectivity index (χ4v) is 5.93. The van der Waals surface area contributed by atoms with E-state index in [9.17, 15) is 4.21 Å². The Hall–Kier alpha value is -2.97. The van der Waals surface area contributed by atoms with Gasteiger partial charge in [0, 0.05) is 14.7 Å². The van der Waals surface area contributed by atoms with E-state index in [1.165, 1.54) is 0 Å². The molecule has 0 heterocycles. The van der Waals surface area contributed by atoms with Crippen molar-refractivity contribution in [2.45, 2.75) is 14.7 Å². The molecule has 2 heteroatoms. The second kappa shape index (κ2) is 7.11. The molecule has 0 atom stereocenters. The Morgan fingerprint density at radius 2 is 0.846 bits per heavy atom. The highest BCUT2D eigenvalue weighted by Gasteiger charge is 2.23. The number of rotatable bonds is 4. The molecule has 0 saturated carbocycles. The van der Waals surface area contributed by atoms with Gasteiger partial charge in [-0.1, -0.05) is 78.9 Å². The summed E-state index contributed by atoms with van der Waals surface area (Å²) in [4.78, 5) is 2.57. The normalized spacial score (nSPS) is 11.8. The van der Waals surface area contributed by atoms with Crippen molar-refractivity contribution in [3.8, 4) is 11.1 Å². The van der Waals surface area contributed by atoms with Gasteiger partial charge in [-0.2, -0.15) is 0 Å². The minimum atomic E-state index is -2.92. The summed E-state index contributed by atoms with van der Waals surface area (Å²) in [5, 5.41) is 0. The van der Waals surface area contributed by atoms with Gasteiger partial charge in [-0.3, -0.25) is 4.21 Å². The van der Waals surface area contributed by atoms with Gasteiger partial charge in [0.25, 0.3) is 0 Å². The zero-order valence-corrected chi connectivity index (χ0v) is 15.2. The third-order valence-electron chi connectivity index (χ3n) is 4.56. The lowest BCUT2D eigenvalue weighted by Crippen LogP contribution is -2.13. The van der Waals surface area contributed by atoms with Crippen molar-refractivity contribution in [1.29, 1.82) is 0 Å². The fourth-order valence-electron chi connectivity index (χ4n) is 3.24. The van der Waals surface area contributed by atoms with E-state index in [-0.39, 0.29) is 0 Å². The van der Waals surface area contributed by atoms with Gasteiger partial charge in [0.05, 0.1) is 0 Å². The van der Waals surface area contributed by atoms with E-state index in [4.69, 9.17) is 0 Å². The summed E-state index contributed by atoms with van der Waals surface area (Å²) in [6.45, 7) is 0. The molecular weight excluding hydrogens is 336 g/mol. The molecule has 0 aromatic heterocycles. The highest BCUT2D eigenvalue weighted by Crippen LogP contribution is 2.37. The molecular formula is C24H20OS. The molecule has 4 rings (SSSR count). The third kappa shape index (κ3) is 3.00. The summed E-state index contributed by atoms with van der Waals surface area (Å²) in [7, 11) is -2.92. The smallest absolute Gasteiger partial charge is 0.0236 e. The van der Waals surface area contributed by atoms with Crippen molar-refractivity contribution in [2.75, 3.05) is 0 Å². The van der Waals surface area contributed by atoms with Crippen LogP contribution in [0.5, 0.6) is 0 Å². The summed E-state index contributed by atoms with van der Waals surface area (Å²) < 4.78 is 14.4. The molecule has 1 nitrogen and oxygen atoms in total. The minimum absolute atomic E-state index is 0.858. The van der Waals surface area contributed by atoms with Gasteiger partial charge in [-0.05, 0) is 57.5 Å². The van der Waals surface area contributed by atoms with Gasteiger partial charge in [-0.25, -0.2) is 0 Å². The SMILES string of the molecule is O=[SH](c1ccccc1)(c1ccccc1)c1cccc(-c2ccccc2)c1. The molecule has 0 aliphatic heterocycles. The van der Waals surface area contributed by atoms with Crippen molar-refractivity contribution < 1.29 is 4.21 Å². The maximum Gasteiger partial charge on any atom is 0.0236 e. The van der Waals surface area contributed by atoms with Crippen LogP contribution in [0.4, 0.5) is 0 Å². The number of thiol groups is 1. The van der Waals surface area contributed by atoms with E-state index in [0.717, 1.165) is 25.8 Å². The highest BCUT2D eigenvalue weighted by molar-refractivity contribution is 8.03. The van der Waals surface area contributed by atoms with Crippen LogP contribution in [0, 0.1) is 0 Å². The van der Waals surface area contributed by atoms with Crippen molar-refractivity contribution in [1.82, 2.24) is 0 Å². The van der Waals surface area contributed by atoms with Gasteiger partial charge in [0.2, 0.25) is 0 Å². The van der Waals surface area contributed by atoms with E-state index in [0.29, 0.717) is 0 Å². The molecule has 0 aliphatic carbocycles. The zero-order chi connectivity index (χ0) is 17.8. The molecule has 0 amide bonds. The Bertz CT molecular complexity index is 998. The molecule has 0 N–H and O–H groups in total. The maximum absolute atomic E-state index is 14.4. The molecule has 26 heavy (non-hydrogen) atoms. The first kappa shape index (κ1) is 16.5. The van der Waals surface area contributed by atoms with Gasteiger partial charge >= 0.3 is 0 Å². The molecule has 0 fully saturated rings. The quantitative estimate of drug-likeness (QED) is 0.454. The predicted molar refractivity (Wildman–Crippen MR) is 109 cm³/mol. The minimum Gasteiger partial charge on any atom is -0.271 e. The highest BCUT2D eigenvalue weighted by atomic mass is 32.2. The summed E-state index contributed by atoms with van der Waals surface area (Å²) in [5.74, 6) is 0. The standard InChI is InChI=1S/C24H20OS/c25-26(22-14-6-2-7-15-22,23-16-8-3-9-17-23)24-18-10-13-21(19-24)20-11-4-1-5-12-20/h1-19,26H. The molecule has 0 unspecified atom stereocenters. The van der Waals surface area contributed by atoms with Crippen LogP contribution in [0.2, 0.25) is 0 Å².